The van der Waals surface area contributed by atoms with Crippen LogP contribution >= 0.6 is 0 Å². The van der Waals surface area contributed by atoms with Gasteiger partial charge in [-0.1, -0.05) is 90.5 Å². The zero-order valence-corrected chi connectivity index (χ0v) is 27.4. The van der Waals surface area contributed by atoms with E-state index in [9.17, 15) is 19.5 Å². The summed E-state index contributed by atoms with van der Waals surface area (Å²) in [6.07, 6.45) is 1.84. The zero-order valence-electron chi connectivity index (χ0n) is 27.4. The summed E-state index contributed by atoms with van der Waals surface area (Å²) < 4.78 is 0. The molecule has 0 aromatic heterocycles. The highest BCUT2D eigenvalue weighted by atomic mass is 16.3. The van der Waals surface area contributed by atoms with Crippen molar-refractivity contribution >= 4 is 17.7 Å². The SMILES string of the molecule is C/C(=C\C(=O)N(C)[C@H](Cc1ccc(-c2ccccc2)cc1)C(=O)N(C)[C@H](Cc1ccccc1)C(=O)NC[C@@H](C)O)CC(C)(C)N. The van der Waals surface area contributed by atoms with Crippen LogP contribution in [0.4, 0.5) is 0 Å². The van der Waals surface area contributed by atoms with Crippen molar-refractivity contribution in [1.82, 2.24) is 15.1 Å². The lowest BCUT2D eigenvalue weighted by molar-refractivity contribution is -0.146. The Hall–Kier alpha value is -4.27. The van der Waals surface area contributed by atoms with Gasteiger partial charge >= 0.3 is 0 Å². The highest BCUT2D eigenvalue weighted by molar-refractivity contribution is 5.95. The van der Waals surface area contributed by atoms with Crippen LogP contribution in [0.5, 0.6) is 0 Å². The molecule has 3 aromatic rings. The number of aliphatic hydroxyl groups is 1. The number of carbonyl (C=O) groups excluding carboxylic acids is 3. The largest absolute Gasteiger partial charge is 0.392 e. The molecule has 3 amide bonds. The summed E-state index contributed by atoms with van der Waals surface area (Å²) in [5.41, 5.74) is 10.4. The summed E-state index contributed by atoms with van der Waals surface area (Å²) in [5, 5.41) is 12.6. The maximum Gasteiger partial charge on any atom is 0.246 e. The molecule has 0 saturated carbocycles. The van der Waals surface area contributed by atoms with Crippen molar-refractivity contribution in [2.24, 2.45) is 5.73 Å². The fourth-order valence-electron chi connectivity index (χ4n) is 5.31. The van der Waals surface area contributed by atoms with E-state index in [1.807, 2.05) is 106 Å². The summed E-state index contributed by atoms with van der Waals surface area (Å²) in [5.74, 6) is -1.06. The molecule has 0 spiro atoms. The lowest BCUT2D eigenvalue weighted by Gasteiger charge is -2.34. The van der Waals surface area contributed by atoms with Gasteiger partial charge in [-0.25, -0.2) is 0 Å². The molecule has 0 fully saturated rings. The smallest absolute Gasteiger partial charge is 0.246 e. The molecule has 3 atom stereocenters. The molecule has 8 heteroatoms. The minimum absolute atomic E-state index is 0.0588. The molecule has 0 aliphatic heterocycles. The van der Waals surface area contributed by atoms with Gasteiger partial charge in [-0.2, -0.15) is 0 Å². The maximum absolute atomic E-state index is 14.3. The number of hydrogen-bond acceptors (Lipinski definition) is 5. The van der Waals surface area contributed by atoms with Gasteiger partial charge in [0.15, 0.2) is 0 Å². The van der Waals surface area contributed by atoms with Crippen LogP contribution in [0.25, 0.3) is 11.1 Å². The van der Waals surface area contributed by atoms with Gasteiger partial charge in [-0.05, 0) is 56.4 Å². The predicted molar refractivity (Wildman–Crippen MR) is 180 cm³/mol. The van der Waals surface area contributed by atoms with Crippen molar-refractivity contribution < 1.29 is 19.5 Å². The molecule has 0 heterocycles. The van der Waals surface area contributed by atoms with E-state index in [2.05, 4.69) is 5.32 Å². The van der Waals surface area contributed by atoms with Gasteiger partial charge in [0, 0.05) is 45.1 Å². The van der Waals surface area contributed by atoms with Crippen molar-refractivity contribution in [1.29, 1.82) is 0 Å². The van der Waals surface area contributed by atoms with E-state index in [1.54, 1.807) is 21.0 Å². The third-order valence-electron chi connectivity index (χ3n) is 7.66. The van der Waals surface area contributed by atoms with Crippen LogP contribution in [0, 0.1) is 0 Å². The Morgan fingerprint density at radius 3 is 1.89 bits per heavy atom. The van der Waals surface area contributed by atoms with Crippen molar-refractivity contribution in [2.75, 3.05) is 20.6 Å². The van der Waals surface area contributed by atoms with Gasteiger partial charge < -0.3 is 26.0 Å². The van der Waals surface area contributed by atoms with Gasteiger partial charge in [0.05, 0.1) is 6.10 Å². The van der Waals surface area contributed by atoms with Crippen LogP contribution in [0.1, 0.15) is 45.2 Å². The predicted octanol–water partition coefficient (Wildman–Crippen LogP) is 4.36. The summed E-state index contributed by atoms with van der Waals surface area (Å²) in [6.45, 7) is 7.29. The third kappa shape index (κ3) is 11.0. The normalized spacial score (nSPS) is 13.8. The highest BCUT2D eigenvalue weighted by Gasteiger charge is 2.35. The van der Waals surface area contributed by atoms with Crippen molar-refractivity contribution in [3.05, 3.63) is 108 Å². The standard InChI is InChI=1S/C37H48N4O4/c1-26(24-37(3,4)38)21-34(43)40(5)33(23-29-17-19-31(20-18-29)30-15-11-8-12-16-30)36(45)41(6)32(35(44)39-25-27(2)42)22-28-13-9-7-10-14-28/h7-21,27,32-33,42H,22-25,38H2,1-6H3,(H,39,44)/b26-21+/t27-,32-,33-/m1/s1. The highest BCUT2D eigenvalue weighted by Crippen LogP contribution is 2.22. The van der Waals surface area contributed by atoms with Crippen LogP contribution < -0.4 is 11.1 Å². The maximum atomic E-state index is 14.3. The first kappa shape index (κ1) is 35.2. The number of benzene rings is 3. The molecule has 240 valence electrons. The summed E-state index contributed by atoms with van der Waals surface area (Å²) >= 11 is 0. The molecule has 45 heavy (non-hydrogen) atoms. The minimum atomic E-state index is -0.886. The molecule has 4 N–H and O–H groups in total. The van der Waals surface area contributed by atoms with Crippen LogP contribution in [0.3, 0.4) is 0 Å². The first-order valence-corrected chi connectivity index (χ1v) is 15.4. The minimum Gasteiger partial charge on any atom is -0.392 e. The van der Waals surface area contributed by atoms with Gasteiger partial charge in [0.2, 0.25) is 17.7 Å². The number of carbonyl (C=O) groups is 3. The van der Waals surface area contributed by atoms with E-state index >= 15 is 0 Å². The van der Waals surface area contributed by atoms with E-state index in [-0.39, 0.29) is 37.1 Å². The summed E-state index contributed by atoms with van der Waals surface area (Å²) in [4.78, 5) is 44.2. The summed E-state index contributed by atoms with van der Waals surface area (Å²) in [7, 11) is 3.22. The number of rotatable bonds is 14. The van der Waals surface area contributed by atoms with Crippen molar-refractivity contribution in [3.63, 3.8) is 0 Å². The Balaban J connectivity index is 1.95. The van der Waals surface area contributed by atoms with E-state index in [0.29, 0.717) is 6.42 Å². The van der Waals surface area contributed by atoms with Crippen LogP contribution in [-0.4, -0.2) is 77.0 Å². The molecular weight excluding hydrogens is 564 g/mol. The molecule has 3 rings (SSSR count). The van der Waals surface area contributed by atoms with Gasteiger partial charge in [-0.3, -0.25) is 14.4 Å². The molecule has 0 unspecified atom stereocenters. The molecule has 3 aromatic carbocycles. The van der Waals surface area contributed by atoms with Crippen molar-refractivity contribution in [2.45, 2.75) is 70.7 Å². The molecule has 0 radical (unpaired) electrons. The number of nitrogens with one attached hydrogen (secondary N) is 1. The second kappa shape index (κ2) is 16.2. The first-order chi connectivity index (χ1) is 21.2. The van der Waals surface area contributed by atoms with E-state index in [4.69, 9.17) is 5.73 Å². The summed E-state index contributed by atoms with van der Waals surface area (Å²) in [6, 6.07) is 25.7. The van der Waals surface area contributed by atoms with Crippen LogP contribution in [-0.2, 0) is 27.2 Å². The number of likely N-dealkylation sites (N-methyl/N-ethyl adjacent to an activating group) is 2. The second-order valence-electron chi connectivity index (χ2n) is 12.6. The van der Waals surface area contributed by atoms with Gasteiger partial charge in [-0.15, -0.1) is 0 Å². The van der Waals surface area contributed by atoms with Gasteiger partial charge in [0.1, 0.15) is 12.1 Å². The van der Waals surface area contributed by atoms with Crippen molar-refractivity contribution in [3.8, 4) is 11.1 Å². The Morgan fingerprint density at radius 2 is 1.33 bits per heavy atom. The molecular formula is C37H48N4O4. The van der Waals surface area contributed by atoms with Crippen LogP contribution in [0.2, 0.25) is 0 Å². The number of hydrogen-bond donors (Lipinski definition) is 3. The topological polar surface area (TPSA) is 116 Å². The van der Waals surface area contributed by atoms with Gasteiger partial charge in [0.25, 0.3) is 0 Å². The third-order valence-corrected chi connectivity index (χ3v) is 7.66. The number of nitrogens with zero attached hydrogens (tertiary/aromatic N) is 2. The number of nitrogens with two attached hydrogens (primary N) is 1. The Kier molecular flexibility index (Phi) is 12.6. The average molecular weight is 613 g/mol. The fraction of sp³-hybridized carbons (Fsp3) is 0.378. The Morgan fingerprint density at radius 1 is 0.822 bits per heavy atom. The average Bonchev–Trinajstić information content (AvgIpc) is 3.00. The molecule has 8 nitrogen and oxygen atoms in total. The zero-order chi connectivity index (χ0) is 33.1. The molecule has 0 aliphatic carbocycles. The van der Waals surface area contributed by atoms with E-state index in [0.717, 1.165) is 27.8 Å². The monoisotopic (exact) mass is 612 g/mol. The number of aliphatic hydroxyl groups excluding tert-OH is 1. The Labute approximate surface area is 267 Å². The molecule has 0 saturated heterocycles. The lowest BCUT2D eigenvalue weighted by atomic mass is 9.96. The second-order valence-corrected chi connectivity index (χ2v) is 12.6. The van der Waals surface area contributed by atoms with E-state index in [1.165, 1.54) is 15.9 Å². The van der Waals surface area contributed by atoms with E-state index < -0.39 is 23.7 Å². The molecule has 0 bridgehead atoms. The Bertz CT molecular complexity index is 1430. The number of amides is 3. The lowest BCUT2D eigenvalue weighted by Crippen LogP contribution is -2.56. The molecule has 0 aliphatic rings. The quantitative estimate of drug-likeness (QED) is 0.234. The van der Waals surface area contributed by atoms with Crippen LogP contribution in [0.15, 0.2) is 96.6 Å². The first-order valence-electron chi connectivity index (χ1n) is 15.4. The fourth-order valence-corrected chi connectivity index (χ4v) is 5.31.